The van der Waals surface area contributed by atoms with Crippen LogP contribution in [-0.4, -0.2) is 38.1 Å². The minimum absolute atomic E-state index is 0. The van der Waals surface area contributed by atoms with Gasteiger partial charge in [-0.25, -0.2) is 3.89 Å². The number of hydrogen-bond donors (Lipinski definition) is 1. The Labute approximate surface area is 132 Å². The Balaban J connectivity index is 0.00000147. The first-order valence-corrected chi connectivity index (χ1v) is 6.90. The Kier molecular flexibility index (Phi) is 4.49. The number of thiol groups is 1. The molecule has 108 valence electrons. The third kappa shape index (κ3) is 2.37. The molecule has 3 rings (SSSR count). The highest BCUT2D eigenvalue weighted by atomic mass is 35.5. The number of nitrogens with zero attached hydrogens (tertiary/aromatic N) is 2. The second-order valence-corrected chi connectivity index (χ2v) is 6.07. The predicted octanol–water partition coefficient (Wildman–Crippen LogP) is 3.09. The third-order valence-electron chi connectivity index (χ3n) is 3.83. The van der Waals surface area contributed by atoms with E-state index >= 15 is 0 Å². The van der Waals surface area contributed by atoms with E-state index in [0.717, 1.165) is 13.1 Å². The lowest BCUT2D eigenvalue weighted by molar-refractivity contribution is 0.339. The predicted molar refractivity (Wildman–Crippen MR) is 89.9 cm³/mol. The first kappa shape index (κ1) is 15.4. The van der Waals surface area contributed by atoms with E-state index in [1.807, 2.05) is 6.26 Å². The van der Waals surface area contributed by atoms with Gasteiger partial charge in [-0.1, -0.05) is 12.1 Å². The standard InChI is InChI=1S/C15H19N2OS.ClH/c1-16(2)8-9-17(19)14-6-4-3-5-12(14)13-11-18-10-7-15(13)17;/h3-7,10-11,15,19H,8-9H2,1-2H3;1H/q+1;. The van der Waals surface area contributed by atoms with Crippen LogP contribution in [0.3, 0.4) is 0 Å². The minimum Gasteiger partial charge on any atom is -0.472 e. The van der Waals surface area contributed by atoms with Crippen molar-refractivity contribution in [3.05, 3.63) is 48.4 Å². The summed E-state index contributed by atoms with van der Waals surface area (Å²) in [5, 5.41) is 0. The lowest BCUT2D eigenvalue weighted by atomic mass is 10.0. The zero-order chi connectivity index (χ0) is 13.5. The smallest absolute Gasteiger partial charge is 0.156 e. The molecule has 0 saturated carbocycles. The monoisotopic (exact) mass is 311 g/mol. The molecule has 0 saturated heterocycles. The van der Waals surface area contributed by atoms with E-state index in [-0.39, 0.29) is 18.4 Å². The summed E-state index contributed by atoms with van der Waals surface area (Å²) >= 11 is 5.02. The van der Waals surface area contributed by atoms with Gasteiger partial charge in [0.25, 0.3) is 0 Å². The number of rotatable bonds is 3. The molecule has 20 heavy (non-hydrogen) atoms. The average Bonchev–Trinajstić information content (AvgIpc) is 2.69. The molecule has 0 aliphatic carbocycles. The first-order chi connectivity index (χ1) is 9.13. The highest BCUT2D eigenvalue weighted by Crippen LogP contribution is 2.48. The van der Waals surface area contributed by atoms with Gasteiger partial charge in [-0.2, -0.15) is 0 Å². The normalized spacial score (nSPS) is 26.4. The van der Waals surface area contributed by atoms with Crippen molar-refractivity contribution in [3.8, 4) is 0 Å². The summed E-state index contributed by atoms with van der Waals surface area (Å²) < 4.78 is 5.99. The molecule has 0 bridgehead atoms. The van der Waals surface area contributed by atoms with Crippen LogP contribution >= 0.6 is 25.2 Å². The fourth-order valence-corrected chi connectivity index (χ4v) is 3.28. The van der Waals surface area contributed by atoms with E-state index in [1.54, 1.807) is 6.26 Å². The van der Waals surface area contributed by atoms with Gasteiger partial charge in [-0.3, -0.25) is 0 Å². The lowest BCUT2D eigenvalue weighted by Gasteiger charge is -2.33. The molecule has 5 heteroatoms. The highest BCUT2D eigenvalue weighted by Gasteiger charge is 2.48. The molecular weight excluding hydrogens is 292 g/mol. The van der Waals surface area contributed by atoms with E-state index < -0.39 is 0 Å². The van der Waals surface area contributed by atoms with Crippen molar-refractivity contribution < 1.29 is 4.74 Å². The molecule has 0 amide bonds. The second kappa shape index (κ2) is 5.82. The van der Waals surface area contributed by atoms with Gasteiger partial charge in [-0.15, -0.1) is 12.4 Å². The Morgan fingerprint density at radius 2 is 2.05 bits per heavy atom. The Morgan fingerprint density at radius 1 is 1.30 bits per heavy atom. The summed E-state index contributed by atoms with van der Waals surface area (Å²) in [6.07, 6.45) is 5.73. The highest BCUT2D eigenvalue weighted by molar-refractivity contribution is 7.79. The maximum absolute atomic E-state index is 5.36. The van der Waals surface area contributed by atoms with Crippen molar-refractivity contribution in [2.75, 3.05) is 27.2 Å². The summed E-state index contributed by atoms with van der Waals surface area (Å²) in [7, 11) is 4.19. The van der Waals surface area contributed by atoms with E-state index in [9.17, 15) is 0 Å². The fourth-order valence-electron chi connectivity index (χ4n) is 2.82. The van der Waals surface area contributed by atoms with Crippen molar-refractivity contribution in [1.29, 1.82) is 0 Å². The molecule has 1 aromatic carbocycles. The van der Waals surface area contributed by atoms with E-state index in [0.29, 0.717) is 3.89 Å². The maximum Gasteiger partial charge on any atom is 0.156 e. The number of ether oxygens (including phenoxy) is 1. The van der Waals surface area contributed by atoms with Gasteiger partial charge < -0.3 is 9.64 Å². The summed E-state index contributed by atoms with van der Waals surface area (Å²) in [6, 6.07) is 8.73. The zero-order valence-electron chi connectivity index (χ0n) is 11.7. The van der Waals surface area contributed by atoms with Gasteiger partial charge in [0.2, 0.25) is 0 Å². The molecular formula is C15H20ClN2OS+. The largest absolute Gasteiger partial charge is 0.472 e. The van der Waals surface area contributed by atoms with E-state index in [4.69, 9.17) is 17.6 Å². The van der Waals surface area contributed by atoms with Gasteiger partial charge in [0.05, 0.1) is 24.7 Å². The Bertz CT molecular complexity index is 559. The molecule has 2 aliphatic rings. The molecule has 2 heterocycles. The SMILES string of the molecule is CN(C)CC[N+]1(S)c2ccccc2C2=COC=CC21.Cl. The van der Waals surface area contributed by atoms with Crippen molar-refractivity contribution in [3.63, 3.8) is 0 Å². The van der Waals surface area contributed by atoms with Gasteiger partial charge in [0.1, 0.15) is 12.8 Å². The number of halogens is 1. The van der Waals surface area contributed by atoms with Crippen LogP contribution in [0.4, 0.5) is 5.69 Å². The molecule has 0 radical (unpaired) electrons. The Morgan fingerprint density at radius 3 is 2.80 bits per heavy atom. The zero-order valence-corrected chi connectivity index (χ0v) is 13.4. The Hall–Kier alpha value is -0.940. The van der Waals surface area contributed by atoms with Gasteiger partial charge >= 0.3 is 0 Å². The van der Waals surface area contributed by atoms with Crippen LogP contribution in [0.1, 0.15) is 5.56 Å². The number of likely N-dealkylation sites (N-methyl/N-ethyl adjacent to an activating group) is 1. The number of benzene rings is 1. The van der Waals surface area contributed by atoms with Crippen LogP contribution in [0, 0.1) is 0 Å². The van der Waals surface area contributed by atoms with E-state index in [1.165, 1.54) is 16.8 Å². The van der Waals surface area contributed by atoms with Crippen molar-refractivity contribution in [1.82, 2.24) is 8.79 Å². The van der Waals surface area contributed by atoms with Crippen LogP contribution in [0.15, 0.2) is 42.9 Å². The minimum atomic E-state index is 0. The molecule has 2 atom stereocenters. The molecule has 0 fully saturated rings. The first-order valence-electron chi connectivity index (χ1n) is 6.50. The molecule has 0 aromatic heterocycles. The van der Waals surface area contributed by atoms with Gasteiger partial charge in [0.15, 0.2) is 11.7 Å². The molecule has 1 aromatic rings. The lowest BCUT2D eigenvalue weighted by Crippen LogP contribution is -2.48. The summed E-state index contributed by atoms with van der Waals surface area (Å²) in [5.41, 5.74) is 3.75. The molecule has 0 N–H and O–H groups in total. The summed E-state index contributed by atoms with van der Waals surface area (Å²) in [5.74, 6) is 0. The second-order valence-electron chi connectivity index (χ2n) is 5.35. The summed E-state index contributed by atoms with van der Waals surface area (Å²) in [4.78, 5) is 2.20. The van der Waals surface area contributed by atoms with Crippen LogP contribution in [0.5, 0.6) is 0 Å². The number of quaternary nitrogens is 1. The van der Waals surface area contributed by atoms with Crippen LogP contribution in [0.2, 0.25) is 0 Å². The number of fused-ring (bicyclic) bond motifs is 3. The van der Waals surface area contributed by atoms with Crippen molar-refractivity contribution in [2.24, 2.45) is 0 Å². The van der Waals surface area contributed by atoms with Crippen LogP contribution in [0.25, 0.3) is 5.57 Å². The quantitative estimate of drug-likeness (QED) is 0.680. The van der Waals surface area contributed by atoms with E-state index in [2.05, 4.69) is 49.3 Å². The van der Waals surface area contributed by atoms with Gasteiger partial charge in [0, 0.05) is 24.3 Å². The molecule has 2 unspecified atom stereocenters. The van der Waals surface area contributed by atoms with Crippen LogP contribution in [-0.2, 0) is 4.74 Å². The van der Waals surface area contributed by atoms with Crippen molar-refractivity contribution in [2.45, 2.75) is 6.04 Å². The molecule has 2 aliphatic heterocycles. The fraction of sp³-hybridized carbons (Fsp3) is 0.333. The van der Waals surface area contributed by atoms with Crippen LogP contribution < -0.4 is 3.89 Å². The number of para-hydroxylation sites is 1. The molecule has 3 nitrogen and oxygen atoms in total. The molecule has 0 spiro atoms. The third-order valence-corrected chi connectivity index (χ3v) is 4.50. The van der Waals surface area contributed by atoms with Crippen molar-refractivity contribution >= 4 is 36.5 Å². The summed E-state index contributed by atoms with van der Waals surface area (Å²) in [6.45, 7) is 1.95. The van der Waals surface area contributed by atoms with Gasteiger partial charge in [-0.05, 0) is 20.2 Å². The number of hydrogen-bond acceptors (Lipinski definition) is 3. The average molecular weight is 312 g/mol. The maximum atomic E-state index is 5.36. The topological polar surface area (TPSA) is 12.5 Å².